The molecule has 0 unspecified atom stereocenters. The second kappa shape index (κ2) is 7.54. The highest BCUT2D eigenvalue weighted by Gasteiger charge is 2.15. The molecule has 1 heterocycles. The molecule has 0 spiro atoms. The van der Waals surface area contributed by atoms with Crippen LogP contribution in [0.1, 0.15) is 19.8 Å². The number of nitro groups is 1. The van der Waals surface area contributed by atoms with Crippen LogP contribution in [0.5, 0.6) is 5.75 Å². The molecule has 2 aromatic rings. The van der Waals surface area contributed by atoms with Crippen molar-refractivity contribution in [2.24, 2.45) is 0 Å². The average molecular weight is 289 g/mol. The molecule has 6 heteroatoms. The Hall–Kier alpha value is -2.21. The summed E-state index contributed by atoms with van der Waals surface area (Å²) in [7, 11) is 0. The van der Waals surface area contributed by atoms with Crippen LogP contribution in [0.3, 0.4) is 0 Å². The summed E-state index contributed by atoms with van der Waals surface area (Å²) >= 11 is 0. The van der Waals surface area contributed by atoms with Gasteiger partial charge in [-0.2, -0.15) is 0 Å². The summed E-state index contributed by atoms with van der Waals surface area (Å²) in [4.78, 5) is 14.8. The molecule has 112 valence electrons. The summed E-state index contributed by atoms with van der Waals surface area (Å²) in [5.74, 6) is 0.590. The zero-order valence-electron chi connectivity index (χ0n) is 12.0. The van der Waals surface area contributed by atoms with E-state index in [4.69, 9.17) is 4.74 Å². The van der Waals surface area contributed by atoms with E-state index in [1.807, 2.05) is 0 Å². The van der Waals surface area contributed by atoms with Crippen molar-refractivity contribution in [3.63, 3.8) is 0 Å². The number of rotatable bonds is 8. The first-order valence-corrected chi connectivity index (χ1v) is 7.09. The number of benzene rings is 1. The van der Waals surface area contributed by atoms with Crippen LogP contribution in [0.25, 0.3) is 10.9 Å². The predicted molar refractivity (Wildman–Crippen MR) is 81.7 cm³/mol. The highest BCUT2D eigenvalue weighted by atomic mass is 16.6. The van der Waals surface area contributed by atoms with E-state index < -0.39 is 4.92 Å². The number of hydrogen-bond acceptors (Lipinski definition) is 5. The summed E-state index contributed by atoms with van der Waals surface area (Å²) in [6.45, 7) is 4.58. The van der Waals surface area contributed by atoms with E-state index in [9.17, 15) is 10.1 Å². The molecular formula is C15H19N3O3. The van der Waals surface area contributed by atoms with Crippen LogP contribution >= 0.6 is 0 Å². The van der Waals surface area contributed by atoms with E-state index >= 15 is 0 Å². The number of nitrogens with one attached hydrogen (secondary N) is 1. The van der Waals surface area contributed by atoms with E-state index in [2.05, 4.69) is 17.2 Å². The van der Waals surface area contributed by atoms with Crippen molar-refractivity contribution >= 4 is 16.6 Å². The number of ether oxygens (including phenoxy) is 1. The molecule has 0 fully saturated rings. The third-order valence-corrected chi connectivity index (χ3v) is 3.09. The number of non-ortho nitro benzene ring substituents is 1. The first-order chi connectivity index (χ1) is 10.2. The minimum atomic E-state index is -0.400. The van der Waals surface area contributed by atoms with Crippen molar-refractivity contribution < 1.29 is 9.66 Å². The van der Waals surface area contributed by atoms with Gasteiger partial charge in [0.05, 0.1) is 16.9 Å². The lowest BCUT2D eigenvalue weighted by atomic mass is 10.1. The Balaban J connectivity index is 2.07. The normalized spacial score (nSPS) is 10.7. The van der Waals surface area contributed by atoms with Crippen LogP contribution < -0.4 is 10.1 Å². The Morgan fingerprint density at radius 1 is 1.33 bits per heavy atom. The zero-order chi connectivity index (χ0) is 15.1. The SMILES string of the molecule is CCCNCCCOc1ccc([N+](=O)[O-])c2cccnc12. The Labute approximate surface area is 123 Å². The highest BCUT2D eigenvalue weighted by molar-refractivity contribution is 5.92. The fraction of sp³-hybridized carbons (Fsp3) is 0.400. The van der Waals surface area contributed by atoms with Gasteiger partial charge >= 0.3 is 0 Å². The van der Waals surface area contributed by atoms with Crippen molar-refractivity contribution in [2.75, 3.05) is 19.7 Å². The third-order valence-electron chi connectivity index (χ3n) is 3.09. The molecule has 0 atom stereocenters. The second-order valence-corrected chi connectivity index (χ2v) is 4.69. The van der Waals surface area contributed by atoms with Crippen LogP contribution in [-0.4, -0.2) is 29.6 Å². The average Bonchev–Trinajstić information content (AvgIpc) is 2.50. The summed E-state index contributed by atoms with van der Waals surface area (Å²) in [5.41, 5.74) is 0.586. The second-order valence-electron chi connectivity index (χ2n) is 4.69. The minimum Gasteiger partial charge on any atom is -0.491 e. The highest BCUT2D eigenvalue weighted by Crippen LogP contribution is 2.31. The van der Waals surface area contributed by atoms with Gasteiger partial charge in [0.1, 0.15) is 11.3 Å². The molecule has 6 nitrogen and oxygen atoms in total. The van der Waals surface area contributed by atoms with E-state index in [0.717, 1.165) is 25.9 Å². The topological polar surface area (TPSA) is 77.3 Å². The van der Waals surface area contributed by atoms with Crippen molar-refractivity contribution in [1.82, 2.24) is 10.3 Å². The lowest BCUT2D eigenvalue weighted by Crippen LogP contribution is -2.18. The number of hydrogen-bond donors (Lipinski definition) is 1. The van der Waals surface area contributed by atoms with Crippen molar-refractivity contribution in [3.8, 4) is 5.75 Å². The number of pyridine rings is 1. The summed E-state index contributed by atoms with van der Waals surface area (Å²) in [5, 5.41) is 14.8. The summed E-state index contributed by atoms with van der Waals surface area (Å²) in [6, 6.07) is 6.46. The van der Waals surface area contributed by atoms with Crippen LogP contribution in [0.15, 0.2) is 30.5 Å². The standard InChI is InChI=1S/C15H19N3O3/c1-2-8-16-9-4-11-21-14-7-6-13(18(19)20)12-5-3-10-17-15(12)14/h3,5-7,10,16H,2,4,8-9,11H2,1H3. The fourth-order valence-corrected chi connectivity index (χ4v) is 2.09. The van der Waals surface area contributed by atoms with Crippen LogP contribution in [0, 0.1) is 10.1 Å². The number of aromatic nitrogens is 1. The Morgan fingerprint density at radius 2 is 2.19 bits per heavy atom. The van der Waals surface area contributed by atoms with Crippen LogP contribution in [0.4, 0.5) is 5.69 Å². The number of fused-ring (bicyclic) bond motifs is 1. The quantitative estimate of drug-likeness (QED) is 0.459. The molecule has 1 N–H and O–H groups in total. The first-order valence-electron chi connectivity index (χ1n) is 7.09. The molecule has 21 heavy (non-hydrogen) atoms. The van der Waals surface area contributed by atoms with Crippen molar-refractivity contribution in [1.29, 1.82) is 0 Å². The molecule has 0 saturated carbocycles. The Morgan fingerprint density at radius 3 is 2.95 bits per heavy atom. The molecule has 0 radical (unpaired) electrons. The number of nitro benzene ring substituents is 1. The van der Waals surface area contributed by atoms with Gasteiger partial charge in [-0.1, -0.05) is 6.92 Å². The van der Waals surface area contributed by atoms with E-state index in [-0.39, 0.29) is 5.69 Å². The molecule has 0 amide bonds. The summed E-state index contributed by atoms with van der Waals surface area (Å²) < 4.78 is 5.71. The molecule has 0 saturated heterocycles. The molecule has 0 aliphatic carbocycles. The lowest BCUT2D eigenvalue weighted by Gasteiger charge is -2.09. The van der Waals surface area contributed by atoms with E-state index in [1.165, 1.54) is 6.07 Å². The van der Waals surface area contributed by atoms with Gasteiger partial charge in [-0.05, 0) is 44.1 Å². The van der Waals surface area contributed by atoms with Gasteiger partial charge in [0.2, 0.25) is 0 Å². The van der Waals surface area contributed by atoms with Crippen LogP contribution in [-0.2, 0) is 0 Å². The van der Waals surface area contributed by atoms with E-state index in [0.29, 0.717) is 23.3 Å². The molecule has 2 rings (SSSR count). The largest absolute Gasteiger partial charge is 0.491 e. The van der Waals surface area contributed by atoms with Gasteiger partial charge in [-0.25, -0.2) is 0 Å². The van der Waals surface area contributed by atoms with Gasteiger partial charge in [-0.15, -0.1) is 0 Å². The molecule has 0 aliphatic heterocycles. The minimum absolute atomic E-state index is 0.0510. The molecule has 1 aromatic carbocycles. The fourth-order valence-electron chi connectivity index (χ4n) is 2.09. The van der Waals surface area contributed by atoms with E-state index in [1.54, 1.807) is 24.4 Å². The van der Waals surface area contributed by atoms with Gasteiger partial charge in [0.15, 0.2) is 0 Å². The van der Waals surface area contributed by atoms with Crippen LogP contribution in [0.2, 0.25) is 0 Å². The van der Waals surface area contributed by atoms with Gasteiger partial charge in [-0.3, -0.25) is 15.1 Å². The zero-order valence-corrected chi connectivity index (χ0v) is 12.0. The molecule has 0 aliphatic rings. The molecule has 1 aromatic heterocycles. The smallest absolute Gasteiger partial charge is 0.279 e. The maximum atomic E-state index is 11.0. The molecular weight excluding hydrogens is 270 g/mol. The maximum absolute atomic E-state index is 11.0. The Kier molecular flexibility index (Phi) is 5.45. The summed E-state index contributed by atoms with van der Waals surface area (Å²) in [6.07, 6.45) is 3.60. The van der Waals surface area contributed by atoms with Gasteiger partial charge in [0, 0.05) is 12.3 Å². The first kappa shape index (κ1) is 15.2. The van der Waals surface area contributed by atoms with Crippen molar-refractivity contribution in [2.45, 2.75) is 19.8 Å². The van der Waals surface area contributed by atoms with Gasteiger partial charge in [0.25, 0.3) is 5.69 Å². The lowest BCUT2D eigenvalue weighted by molar-refractivity contribution is -0.383. The van der Waals surface area contributed by atoms with Crippen molar-refractivity contribution in [3.05, 3.63) is 40.6 Å². The van der Waals surface area contributed by atoms with Gasteiger partial charge < -0.3 is 10.1 Å². The predicted octanol–water partition coefficient (Wildman–Crippen LogP) is 2.91. The third kappa shape index (κ3) is 3.88. The number of nitrogens with zero attached hydrogens (tertiary/aromatic N) is 2. The molecule has 0 bridgehead atoms. The maximum Gasteiger partial charge on any atom is 0.279 e. The Bertz CT molecular complexity index is 616. The monoisotopic (exact) mass is 289 g/mol.